The molecule has 7 nitrogen and oxygen atoms in total. The summed E-state index contributed by atoms with van der Waals surface area (Å²) in [6.07, 6.45) is 0.0786. The highest BCUT2D eigenvalue weighted by atomic mass is 32.2. The van der Waals surface area contributed by atoms with E-state index in [1.165, 1.54) is 11.9 Å². The van der Waals surface area contributed by atoms with Gasteiger partial charge in [0.2, 0.25) is 5.91 Å². The average Bonchev–Trinajstić information content (AvgIpc) is 2.57. The van der Waals surface area contributed by atoms with Gasteiger partial charge in [0.25, 0.3) is 0 Å². The predicted octanol–water partition coefficient (Wildman–Crippen LogP) is -1.57. The Labute approximate surface area is 99.5 Å². The highest BCUT2D eigenvalue weighted by Crippen LogP contribution is 2.17. The van der Waals surface area contributed by atoms with Gasteiger partial charge in [-0.05, 0) is 6.42 Å². The molecule has 0 bridgehead atoms. The summed E-state index contributed by atoms with van der Waals surface area (Å²) in [5.74, 6) is -1.68. The van der Waals surface area contributed by atoms with Crippen LogP contribution in [-0.2, 0) is 19.4 Å². The minimum atomic E-state index is -3.06. The van der Waals surface area contributed by atoms with Crippen molar-refractivity contribution in [2.75, 3.05) is 18.6 Å². The molecule has 0 aromatic rings. The summed E-state index contributed by atoms with van der Waals surface area (Å²) in [5, 5.41) is 8.57. The number of amides is 1. The van der Waals surface area contributed by atoms with E-state index in [1.807, 2.05) is 0 Å². The Morgan fingerprint density at radius 1 is 1.53 bits per heavy atom. The second-order valence-electron chi connectivity index (χ2n) is 4.21. The van der Waals surface area contributed by atoms with Gasteiger partial charge >= 0.3 is 5.97 Å². The number of rotatable bonds is 4. The molecular weight excluding hydrogens is 248 g/mol. The fraction of sp³-hybridized carbons (Fsp3) is 0.778. The number of nitrogens with zero attached hydrogens (tertiary/aromatic N) is 1. The number of nitrogens with two attached hydrogens (primary N) is 1. The number of hydrogen-bond donors (Lipinski definition) is 2. The van der Waals surface area contributed by atoms with E-state index in [9.17, 15) is 18.0 Å². The molecule has 0 aromatic carbocycles. The van der Waals surface area contributed by atoms with E-state index in [1.54, 1.807) is 0 Å². The minimum absolute atomic E-state index is 0.0580. The molecule has 0 radical (unpaired) electrons. The number of sulfone groups is 1. The third kappa shape index (κ3) is 3.67. The van der Waals surface area contributed by atoms with Crippen LogP contribution in [0.1, 0.15) is 12.8 Å². The van der Waals surface area contributed by atoms with Crippen LogP contribution in [0.3, 0.4) is 0 Å². The summed E-state index contributed by atoms with van der Waals surface area (Å²) >= 11 is 0. The number of carbonyl (C=O) groups is 2. The van der Waals surface area contributed by atoms with Crippen molar-refractivity contribution >= 4 is 21.7 Å². The Morgan fingerprint density at radius 2 is 2.12 bits per heavy atom. The van der Waals surface area contributed by atoms with Gasteiger partial charge in [-0.15, -0.1) is 0 Å². The summed E-state index contributed by atoms with van der Waals surface area (Å²) in [4.78, 5) is 23.4. The zero-order chi connectivity index (χ0) is 13.2. The quantitative estimate of drug-likeness (QED) is 0.633. The second kappa shape index (κ2) is 5.01. The lowest BCUT2D eigenvalue weighted by Gasteiger charge is -2.24. The van der Waals surface area contributed by atoms with Crippen molar-refractivity contribution in [3.63, 3.8) is 0 Å². The van der Waals surface area contributed by atoms with Crippen LogP contribution in [0.25, 0.3) is 0 Å². The molecule has 8 heteroatoms. The van der Waals surface area contributed by atoms with Crippen LogP contribution in [0.15, 0.2) is 0 Å². The van der Waals surface area contributed by atoms with Crippen LogP contribution < -0.4 is 5.73 Å². The summed E-state index contributed by atoms with van der Waals surface area (Å²) in [5.41, 5.74) is 5.24. The third-order valence-electron chi connectivity index (χ3n) is 2.86. The normalized spacial score (nSPS) is 24.2. The maximum Gasteiger partial charge on any atom is 0.321 e. The summed E-state index contributed by atoms with van der Waals surface area (Å²) < 4.78 is 22.5. The van der Waals surface area contributed by atoms with E-state index in [0.717, 1.165) is 0 Å². The number of hydrogen-bond acceptors (Lipinski definition) is 5. The first-order chi connectivity index (χ1) is 7.73. The topological polar surface area (TPSA) is 118 Å². The van der Waals surface area contributed by atoms with Gasteiger partial charge in [-0.2, -0.15) is 0 Å². The zero-order valence-electron chi connectivity index (χ0n) is 9.50. The van der Waals surface area contributed by atoms with Crippen molar-refractivity contribution < 1.29 is 23.1 Å². The van der Waals surface area contributed by atoms with Gasteiger partial charge in [0.05, 0.1) is 17.9 Å². The molecule has 1 aliphatic heterocycles. The van der Waals surface area contributed by atoms with Crippen molar-refractivity contribution in [2.24, 2.45) is 5.73 Å². The first kappa shape index (κ1) is 13.9. The molecule has 0 aliphatic carbocycles. The fourth-order valence-electron chi connectivity index (χ4n) is 1.70. The molecule has 3 N–H and O–H groups in total. The lowest BCUT2D eigenvalue weighted by molar-refractivity contribution is -0.142. The zero-order valence-corrected chi connectivity index (χ0v) is 10.3. The number of carboxylic acid groups (broad SMARTS) is 1. The Bertz CT molecular complexity index is 419. The Hall–Kier alpha value is -1.15. The lowest BCUT2D eigenvalue weighted by atomic mass is 10.1. The Morgan fingerprint density at radius 3 is 2.53 bits per heavy atom. The molecule has 1 amide bonds. The summed E-state index contributed by atoms with van der Waals surface area (Å²) in [7, 11) is -1.59. The predicted molar refractivity (Wildman–Crippen MR) is 60.1 cm³/mol. The van der Waals surface area contributed by atoms with Gasteiger partial charge in [-0.25, -0.2) is 8.42 Å². The molecule has 1 heterocycles. The highest BCUT2D eigenvalue weighted by Gasteiger charge is 2.33. The van der Waals surface area contributed by atoms with Crippen molar-refractivity contribution in [3.8, 4) is 0 Å². The second-order valence-corrected chi connectivity index (χ2v) is 6.44. The summed E-state index contributed by atoms with van der Waals surface area (Å²) in [6, 6.07) is -1.61. The largest absolute Gasteiger partial charge is 0.480 e. The van der Waals surface area contributed by atoms with Crippen LogP contribution in [-0.4, -0.2) is 60.9 Å². The first-order valence-electron chi connectivity index (χ1n) is 5.17. The molecule has 1 saturated heterocycles. The van der Waals surface area contributed by atoms with Crippen molar-refractivity contribution in [2.45, 2.75) is 24.9 Å². The minimum Gasteiger partial charge on any atom is -0.480 e. The van der Waals surface area contributed by atoms with Gasteiger partial charge in [0.15, 0.2) is 9.84 Å². The lowest BCUT2D eigenvalue weighted by Crippen LogP contribution is -2.42. The Balaban J connectivity index is 2.56. The smallest absolute Gasteiger partial charge is 0.321 e. The monoisotopic (exact) mass is 264 g/mol. The molecule has 2 unspecified atom stereocenters. The number of aliphatic carboxylic acids is 1. The van der Waals surface area contributed by atoms with Crippen LogP contribution in [0, 0.1) is 0 Å². The number of carbonyl (C=O) groups excluding carboxylic acids is 1. The molecule has 0 saturated carbocycles. The molecule has 0 spiro atoms. The van der Waals surface area contributed by atoms with Crippen molar-refractivity contribution in [1.82, 2.24) is 4.90 Å². The van der Waals surface area contributed by atoms with E-state index in [-0.39, 0.29) is 24.0 Å². The van der Waals surface area contributed by atoms with Crippen molar-refractivity contribution in [3.05, 3.63) is 0 Å². The molecule has 0 aromatic heterocycles. The molecular formula is C9H16N2O5S. The van der Waals surface area contributed by atoms with Crippen LogP contribution in [0.2, 0.25) is 0 Å². The fourth-order valence-corrected chi connectivity index (χ4v) is 3.48. The van der Waals surface area contributed by atoms with Gasteiger partial charge in [0, 0.05) is 13.1 Å². The maximum atomic E-state index is 11.6. The number of carboxylic acids is 1. The van der Waals surface area contributed by atoms with Crippen LogP contribution >= 0.6 is 0 Å². The van der Waals surface area contributed by atoms with Gasteiger partial charge in [-0.3, -0.25) is 9.59 Å². The van der Waals surface area contributed by atoms with Gasteiger partial charge < -0.3 is 15.7 Å². The van der Waals surface area contributed by atoms with Crippen LogP contribution in [0.4, 0.5) is 0 Å². The van der Waals surface area contributed by atoms with E-state index < -0.39 is 27.8 Å². The molecule has 1 fully saturated rings. The third-order valence-corrected chi connectivity index (χ3v) is 4.61. The van der Waals surface area contributed by atoms with E-state index in [4.69, 9.17) is 10.8 Å². The molecule has 1 rings (SSSR count). The SMILES string of the molecule is CN(C(=O)CC(N)C(=O)O)C1CCS(=O)(=O)C1. The molecule has 2 atom stereocenters. The maximum absolute atomic E-state index is 11.6. The van der Waals surface area contributed by atoms with Crippen LogP contribution in [0.5, 0.6) is 0 Å². The van der Waals surface area contributed by atoms with Gasteiger partial charge in [-0.1, -0.05) is 0 Å². The van der Waals surface area contributed by atoms with Crippen molar-refractivity contribution in [1.29, 1.82) is 0 Å². The molecule has 17 heavy (non-hydrogen) atoms. The van der Waals surface area contributed by atoms with E-state index in [2.05, 4.69) is 0 Å². The van der Waals surface area contributed by atoms with E-state index in [0.29, 0.717) is 6.42 Å². The van der Waals surface area contributed by atoms with E-state index >= 15 is 0 Å². The van der Waals surface area contributed by atoms with Gasteiger partial charge in [0.1, 0.15) is 6.04 Å². The first-order valence-corrected chi connectivity index (χ1v) is 6.99. The summed E-state index contributed by atoms with van der Waals surface area (Å²) in [6.45, 7) is 0. The average molecular weight is 264 g/mol. The molecule has 1 aliphatic rings. The molecule has 98 valence electrons. The highest BCUT2D eigenvalue weighted by molar-refractivity contribution is 7.91. The Kier molecular flexibility index (Phi) is 4.10. The standard InChI is InChI=1S/C9H16N2O5S/c1-11(6-2-3-17(15,16)5-6)8(12)4-7(10)9(13)14/h6-7H,2-5,10H2,1H3,(H,13,14).